The molecule has 31 heavy (non-hydrogen) atoms. The third kappa shape index (κ3) is 4.73. The quantitative estimate of drug-likeness (QED) is 0.525. The van der Waals surface area contributed by atoms with Gasteiger partial charge in [0.05, 0.1) is 23.9 Å². The first-order valence-corrected chi connectivity index (χ1v) is 11.0. The van der Waals surface area contributed by atoms with Crippen molar-refractivity contribution >= 4 is 41.0 Å². The summed E-state index contributed by atoms with van der Waals surface area (Å²) in [5, 5.41) is 3.30. The zero-order valence-electron chi connectivity index (χ0n) is 17.3. The van der Waals surface area contributed by atoms with Crippen LogP contribution in [-0.4, -0.2) is 88.8 Å². The van der Waals surface area contributed by atoms with E-state index in [2.05, 4.69) is 5.32 Å². The lowest BCUT2D eigenvalue weighted by Crippen LogP contribution is -2.52. The summed E-state index contributed by atoms with van der Waals surface area (Å²) in [6.45, 7) is 2.75. The highest BCUT2D eigenvalue weighted by Crippen LogP contribution is 2.28. The fourth-order valence-electron chi connectivity index (χ4n) is 4.38. The SMILES string of the molecule is O=C(CN1CCN(CN2C(=O)C(=O)N(C3CCCC3)C2=O)CC1)Nc1ccccc1Cl. The van der Waals surface area contributed by atoms with E-state index in [0.717, 1.165) is 35.5 Å². The second-order valence-electron chi connectivity index (χ2n) is 8.19. The van der Waals surface area contributed by atoms with Crippen LogP contribution in [0.5, 0.6) is 0 Å². The van der Waals surface area contributed by atoms with Crippen LogP contribution in [-0.2, 0) is 14.4 Å². The van der Waals surface area contributed by atoms with E-state index in [9.17, 15) is 19.2 Å². The van der Waals surface area contributed by atoms with Crippen LogP contribution in [0.25, 0.3) is 0 Å². The third-order valence-corrected chi connectivity index (χ3v) is 6.42. The Morgan fingerprint density at radius 1 is 0.968 bits per heavy atom. The van der Waals surface area contributed by atoms with Crippen LogP contribution in [0.3, 0.4) is 0 Å². The van der Waals surface area contributed by atoms with Gasteiger partial charge >= 0.3 is 17.8 Å². The molecule has 1 aromatic carbocycles. The number of carbonyl (C=O) groups is 4. The van der Waals surface area contributed by atoms with Gasteiger partial charge in [0.1, 0.15) is 0 Å². The van der Waals surface area contributed by atoms with Crippen LogP contribution >= 0.6 is 11.6 Å². The van der Waals surface area contributed by atoms with Gasteiger partial charge < -0.3 is 5.32 Å². The standard InChI is InChI=1S/C21H26ClN5O4/c22-16-7-3-4-8-17(16)23-18(28)13-24-9-11-25(12-10-24)14-26-19(29)20(30)27(21(26)31)15-5-1-2-6-15/h3-4,7-8,15H,1-2,5-6,9-14H2,(H,23,28). The number of urea groups is 1. The molecule has 0 bridgehead atoms. The first-order valence-electron chi connectivity index (χ1n) is 10.6. The van der Waals surface area contributed by atoms with Crippen LogP contribution in [0, 0.1) is 0 Å². The van der Waals surface area contributed by atoms with Gasteiger partial charge in [-0.3, -0.25) is 29.1 Å². The number of imide groups is 2. The van der Waals surface area contributed by atoms with Gasteiger partial charge in [0.25, 0.3) is 0 Å². The number of carbonyl (C=O) groups excluding carboxylic acids is 4. The van der Waals surface area contributed by atoms with Gasteiger partial charge in [-0.05, 0) is 25.0 Å². The van der Waals surface area contributed by atoms with Crippen LogP contribution < -0.4 is 5.32 Å². The molecule has 4 rings (SSSR count). The normalized spacial score (nSPS) is 21.4. The fraction of sp³-hybridized carbons (Fsp3) is 0.524. The number of nitrogens with one attached hydrogen (secondary N) is 1. The molecule has 0 radical (unpaired) electrons. The molecule has 1 aliphatic carbocycles. The third-order valence-electron chi connectivity index (χ3n) is 6.10. The minimum atomic E-state index is -0.738. The molecule has 0 atom stereocenters. The Balaban J connectivity index is 1.26. The monoisotopic (exact) mass is 447 g/mol. The minimum absolute atomic E-state index is 0.103. The summed E-state index contributed by atoms with van der Waals surface area (Å²) < 4.78 is 0. The molecule has 3 fully saturated rings. The fourth-order valence-corrected chi connectivity index (χ4v) is 4.56. The molecule has 9 nitrogen and oxygen atoms in total. The van der Waals surface area contributed by atoms with Gasteiger partial charge in [-0.25, -0.2) is 9.69 Å². The predicted octanol–water partition coefficient (Wildman–Crippen LogP) is 1.59. The Kier molecular flexibility index (Phi) is 6.54. The molecule has 0 aromatic heterocycles. The number of rotatable bonds is 6. The van der Waals surface area contributed by atoms with Gasteiger partial charge in [-0.15, -0.1) is 0 Å². The van der Waals surface area contributed by atoms with Gasteiger partial charge in [0.15, 0.2) is 0 Å². The van der Waals surface area contributed by atoms with E-state index in [1.165, 1.54) is 0 Å². The molecule has 0 unspecified atom stereocenters. The molecule has 2 aliphatic heterocycles. The summed E-state index contributed by atoms with van der Waals surface area (Å²) in [6, 6.07) is 6.42. The largest absolute Gasteiger partial charge is 0.335 e. The van der Waals surface area contributed by atoms with E-state index in [1.54, 1.807) is 24.3 Å². The Morgan fingerprint density at radius 2 is 1.61 bits per heavy atom. The number of nitrogens with zero attached hydrogens (tertiary/aromatic N) is 4. The van der Waals surface area contributed by atoms with Crippen molar-refractivity contribution in [3.63, 3.8) is 0 Å². The van der Waals surface area contributed by atoms with Crippen LogP contribution in [0.2, 0.25) is 5.02 Å². The smallest absolute Gasteiger partial charge is 0.324 e. The number of para-hydroxylation sites is 1. The second-order valence-corrected chi connectivity index (χ2v) is 8.60. The number of hydrogen-bond donors (Lipinski definition) is 1. The molecule has 2 heterocycles. The first-order chi connectivity index (χ1) is 14.9. The van der Waals surface area contributed by atoms with E-state index >= 15 is 0 Å². The van der Waals surface area contributed by atoms with Crippen molar-refractivity contribution in [1.29, 1.82) is 0 Å². The van der Waals surface area contributed by atoms with Crippen molar-refractivity contribution in [1.82, 2.24) is 19.6 Å². The number of halogens is 1. The Hall–Kier alpha value is -2.49. The van der Waals surface area contributed by atoms with Crippen molar-refractivity contribution < 1.29 is 19.2 Å². The molecule has 5 amide bonds. The maximum Gasteiger partial charge on any atom is 0.335 e. The highest BCUT2D eigenvalue weighted by Gasteiger charge is 2.48. The lowest BCUT2D eigenvalue weighted by Gasteiger charge is -2.35. The highest BCUT2D eigenvalue weighted by molar-refractivity contribution is 6.44. The molecule has 1 aromatic rings. The Bertz CT molecular complexity index is 880. The van der Waals surface area contributed by atoms with Crippen molar-refractivity contribution in [3.8, 4) is 0 Å². The van der Waals surface area contributed by atoms with E-state index in [-0.39, 0.29) is 25.2 Å². The van der Waals surface area contributed by atoms with Crippen LogP contribution in [0.4, 0.5) is 10.5 Å². The summed E-state index contributed by atoms with van der Waals surface area (Å²) in [4.78, 5) is 55.9. The van der Waals surface area contributed by atoms with E-state index in [1.807, 2.05) is 9.80 Å². The van der Waals surface area contributed by atoms with Crippen molar-refractivity contribution in [2.24, 2.45) is 0 Å². The number of anilines is 1. The first kappa shape index (κ1) is 21.7. The average molecular weight is 448 g/mol. The summed E-state index contributed by atoms with van der Waals surface area (Å²) >= 11 is 6.07. The molecule has 10 heteroatoms. The number of benzene rings is 1. The zero-order valence-corrected chi connectivity index (χ0v) is 18.0. The van der Waals surface area contributed by atoms with E-state index < -0.39 is 17.8 Å². The topological polar surface area (TPSA) is 93.3 Å². The minimum Gasteiger partial charge on any atom is -0.324 e. The predicted molar refractivity (Wildman–Crippen MR) is 114 cm³/mol. The number of amides is 5. The van der Waals surface area contributed by atoms with Gasteiger partial charge in [-0.1, -0.05) is 36.6 Å². The van der Waals surface area contributed by atoms with E-state index in [0.29, 0.717) is 36.9 Å². The van der Waals surface area contributed by atoms with E-state index in [4.69, 9.17) is 11.6 Å². The van der Waals surface area contributed by atoms with Gasteiger partial charge in [0, 0.05) is 32.2 Å². The maximum absolute atomic E-state index is 12.7. The van der Waals surface area contributed by atoms with Crippen molar-refractivity contribution in [2.75, 3.05) is 44.7 Å². The molecule has 2 saturated heterocycles. The molecular weight excluding hydrogens is 422 g/mol. The lowest BCUT2D eigenvalue weighted by molar-refractivity contribution is -0.144. The van der Waals surface area contributed by atoms with Gasteiger partial charge in [-0.2, -0.15) is 0 Å². The summed E-state index contributed by atoms with van der Waals surface area (Å²) in [6.07, 6.45) is 3.49. The molecule has 1 saturated carbocycles. The Labute approximate surface area is 185 Å². The van der Waals surface area contributed by atoms with Crippen molar-refractivity contribution in [2.45, 2.75) is 31.7 Å². The average Bonchev–Trinajstić information content (AvgIpc) is 3.34. The molecule has 3 aliphatic rings. The lowest BCUT2D eigenvalue weighted by atomic mass is 10.2. The van der Waals surface area contributed by atoms with Crippen molar-refractivity contribution in [3.05, 3.63) is 29.3 Å². The Morgan fingerprint density at radius 3 is 2.29 bits per heavy atom. The molecule has 1 N–H and O–H groups in total. The van der Waals surface area contributed by atoms with Gasteiger partial charge in [0.2, 0.25) is 5.91 Å². The molecular formula is C21H26ClN5O4. The van der Waals surface area contributed by atoms with Crippen LogP contribution in [0.1, 0.15) is 25.7 Å². The zero-order chi connectivity index (χ0) is 22.0. The molecule has 166 valence electrons. The summed E-state index contributed by atoms with van der Waals surface area (Å²) in [5.74, 6) is -1.59. The summed E-state index contributed by atoms with van der Waals surface area (Å²) in [5.41, 5.74) is 0.579. The molecule has 0 spiro atoms. The summed E-state index contributed by atoms with van der Waals surface area (Å²) in [7, 11) is 0. The maximum atomic E-state index is 12.7. The van der Waals surface area contributed by atoms with Crippen LogP contribution in [0.15, 0.2) is 24.3 Å². The second kappa shape index (κ2) is 9.33. The highest BCUT2D eigenvalue weighted by atomic mass is 35.5. The number of piperazine rings is 1. The number of hydrogen-bond acceptors (Lipinski definition) is 6.